The van der Waals surface area contributed by atoms with E-state index < -0.39 is 0 Å². The summed E-state index contributed by atoms with van der Waals surface area (Å²) in [5, 5.41) is 18.4. The summed E-state index contributed by atoms with van der Waals surface area (Å²) in [6.45, 7) is 0. The Morgan fingerprint density at radius 2 is 1.76 bits per heavy atom. The van der Waals surface area contributed by atoms with Gasteiger partial charge in [0.05, 0.1) is 13.3 Å². The van der Waals surface area contributed by atoms with Crippen molar-refractivity contribution in [1.82, 2.24) is 0 Å². The van der Waals surface area contributed by atoms with E-state index in [1.807, 2.05) is 6.07 Å². The molecule has 0 atom stereocenters. The number of nitrogens with two attached hydrogens (primary N) is 2. The van der Waals surface area contributed by atoms with Crippen LogP contribution in [0.3, 0.4) is 0 Å². The van der Waals surface area contributed by atoms with E-state index in [-0.39, 0.29) is 17.1 Å². The van der Waals surface area contributed by atoms with E-state index in [0.717, 1.165) is 28.9 Å². The number of ether oxygens (including phenoxy) is 1. The van der Waals surface area contributed by atoms with Crippen molar-refractivity contribution >= 4 is 12.2 Å². The molecule has 4 saturated carbocycles. The summed E-state index contributed by atoms with van der Waals surface area (Å²) in [5.74, 6) is 3.09. The summed E-state index contributed by atoms with van der Waals surface area (Å²) in [7, 11) is 1.58. The average molecular weight is 342 g/mol. The van der Waals surface area contributed by atoms with Crippen molar-refractivity contribution in [2.24, 2.45) is 39.4 Å². The van der Waals surface area contributed by atoms with Gasteiger partial charge in [0, 0.05) is 5.56 Å². The Morgan fingerprint density at radius 1 is 1.16 bits per heavy atom. The number of phenolic OH excluding ortho intramolecular Hbond substituents is 1. The van der Waals surface area contributed by atoms with Crippen LogP contribution in [-0.4, -0.2) is 24.4 Å². The first-order chi connectivity index (χ1) is 12.0. The van der Waals surface area contributed by atoms with Crippen LogP contribution in [0.1, 0.15) is 49.7 Å². The standard InChI is InChI=1S/C19H26N4O2/c1-25-16-6-14(10-22-23-18(20)21)5-15(17(16)24)19-7-11-2-12(8-19)4-13(3-11)9-19/h5-6,10-13,24H,2-4,7-9H2,1H3,(H4,20,21,23). The van der Waals surface area contributed by atoms with Crippen LogP contribution in [0.15, 0.2) is 22.3 Å². The maximum atomic E-state index is 10.8. The lowest BCUT2D eigenvalue weighted by Gasteiger charge is -2.57. The molecule has 0 aliphatic heterocycles. The quantitative estimate of drug-likeness (QED) is 0.444. The lowest BCUT2D eigenvalue weighted by molar-refractivity contribution is -0.00626. The number of hydrogen-bond acceptors (Lipinski definition) is 4. The van der Waals surface area contributed by atoms with E-state index in [9.17, 15) is 5.11 Å². The van der Waals surface area contributed by atoms with E-state index in [2.05, 4.69) is 10.2 Å². The van der Waals surface area contributed by atoms with Crippen LogP contribution in [0.5, 0.6) is 11.5 Å². The largest absolute Gasteiger partial charge is 0.504 e. The first-order valence-corrected chi connectivity index (χ1v) is 9.02. The predicted octanol–water partition coefficient (Wildman–Crippen LogP) is 2.48. The highest BCUT2D eigenvalue weighted by molar-refractivity contribution is 5.83. The molecule has 0 aromatic heterocycles. The monoisotopic (exact) mass is 342 g/mol. The molecule has 4 fully saturated rings. The Hall–Kier alpha value is -2.24. The van der Waals surface area contributed by atoms with Crippen LogP contribution in [-0.2, 0) is 5.41 Å². The second-order valence-corrected chi connectivity index (χ2v) is 8.09. The zero-order valence-electron chi connectivity index (χ0n) is 14.6. The van der Waals surface area contributed by atoms with Gasteiger partial charge < -0.3 is 21.3 Å². The molecule has 5 N–H and O–H groups in total. The molecule has 0 heterocycles. The Morgan fingerprint density at radius 3 is 2.28 bits per heavy atom. The molecule has 6 heteroatoms. The first-order valence-electron chi connectivity index (χ1n) is 9.02. The van der Waals surface area contributed by atoms with E-state index in [1.54, 1.807) is 19.4 Å². The Labute approximate surface area is 148 Å². The molecule has 1 aromatic rings. The fourth-order valence-electron chi connectivity index (χ4n) is 5.87. The van der Waals surface area contributed by atoms with Gasteiger partial charge in [0.1, 0.15) is 0 Å². The summed E-state index contributed by atoms with van der Waals surface area (Å²) in [6.07, 6.45) is 9.21. The fraction of sp³-hybridized carbons (Fsp3) is 0.579. The number of hydrogen-bond donors (Lipinski definition) is 3. The van der Waals surface area contributed by atoms with Gasteiger partial charge in [-0.15, -0.1) is 5.10 Å². The van der Waals surface area contributed by atoms with Gasteiger partial charge in [-0.1, -0.05) is 0 Å². The second kappa shape index (κ2) is 5.93. The molecule has 25 heavy (non-hydrogen) atoms. The second-order valence-electron chi connectivity index (χ2n) is 8.09. The van der Waals surface area contributed by atoms with Crippen molar-refractivity contribution < 1.29 is 9.84 Å². The van der Waals surface area contributed by atoms with E-state index in [0.29, 0.717) is 5.75 Å². The topological polar surface area (TPSA) is 106 Å². The molecule has 1 aromatic carbocycles. The molecular weight excluding hydrogens is 316 g/mol. The average Bonchev–Trinajstić information content (AvgIpc) is 2.54. The molecule has 4 aliphatic carbocycles. The lowest BCUT2D eigenvalue weighted by atomic mass is 9.48. The summed E-state index contributed by atoms with van der Waals surface area (Å²) < 4.78 is 5.42. The molecule has 134 valence electrons. The number of rotatable bonds is 4. The number of methoxy groups -OCH3 is 1. The third kappa shape index (κ3) is 2.83. The van der Waals surface area contributed by atoms with Gasteiger partial charge in [-0.05, 0) is 79.4 Å². The van der Waals surface area contributed by atoms with Crippen molar-refractivity contribution in [1.29, 1.82) is 0 Å². The van der Waals surface area contributed by atoms with Gasteiger partial charge in [-0.25, -0.2) is 0 Å². The van der Waals surface area contributed by atoms with Crippen LogP contribution >= 0.6 is 0 Å². The smallest absolute Gasteiger partial charge is 0.211 e. The number of benzene rings is 1. The minimum absolute atomic E-state index is 0.0755. The van der Waals surface area contributed by atoms with Crippen LogP contribution in [0, 0.1) is 17.8 Å². The van der Waals surface area contributed by atoms with Crippen molar-refractivity contribution in [2.75, 3.05) is 7.11 Å². The minimum atomic E-state index is -0.0803. The van der Waals surface area contributed by atoms with Crippen molar-refractivity contribution in [2.45, 2.75) is 43.9 Å². The highest BCUT2D eigenvalue weighted by atomic mass is 16.5. The summed E-state index contributed by atoms with van der Waals surface area (Å²) in [6, 6.07) is 3.81. The molecule has 4 bridgehead atoms. The molecule has 5 rings (SSSR count). The van der Waals surface area contributed by atoms with Gasteiger partial charge in [0.2, 0.25) is 5.96 Å². The highest BCUT2D eigenvalue weighted by Crippen LogP contribution is 2.62. The SMILES string of the molecule is COc1cc(C=NN=C(N)N)cc(C23CC4CC(CC(C4)C2)C3)c1O. The van der Waals surface area contributed by atoms with E-state index in [4.69, 9.17) is 16.2 Å². The van der Waals surface area contributed by atoms with E-state index in [1.165, 1.54) is 38.5 Å². The van der Waals surface area contributed by atoms with Gasteiger partial charge in [0.15, 0.2) is 11.5 Å². The maximum Gasteiger partial charge on any atom is 0.211 e. The van der Waals surface area contributed by atoms with Crippen LogP contribution < -0.4 is 16.2 Å². The molecule has 0 radical (unpaired) electrons. The van der Waals surface area contributed by atoms with Crippen LogP contribution in [0.2, 0.25) is 0 Å². The highest BCUT2D eigenvalue weighted by Gasteiger charge is 2.52. The number of phenols is 1. The van der Waals surface area contributed by atoms with Gasteiger partial charge in [0.25, 0.3) is 0 Å². The maximum absolute atomic E-state index is 10.8. The molecule has 4 aliphatic rings. The predicted molar refractivity (Wildman–Crippen MR) is 97.9 cm³/mol. The number of aromatic hydroxyl groups is 1. The zero-order valence-corrected chi connectivity index (χ0v) is 14.6. The third-order valence-electron chi connectivity index (χ3n) is 6.31. The molecule has 0 amide bonds. The Bertz CT molecular complexity index is 702. The van der Waals surface area contributed by atoms with Gasteiger partial charge in [-0.2, -0.15) is 5.10 Å². The number of guanidine groups is 1. The molecular formula is C19H26N4O2. The Balaban J connectivity index is 1.76. The van der Waals surface area contributed by atoms with Crippen molar-refractivity contribution in [3.63, 3.8) is 0 Å². The van der Waals surface area contributed by atoms with Crippen LogP contribution in [0.4, 0.5) is 0 Å². The summed E-state index contributed by atoms with van der Waals surface area (Å²) in [5.41, 5.74) is 12.6. The third-order valence-corrected chi connectivity index (χ3v) is 6.31. The number of nitrogens with zero attached hydrogens (tertiary/aromatic N) is 2. The normalized spacial score (nSPS) is 32.9. The Kier molecular flexibility index (Phi) is 3.85. The molecule has 0 saturated heterocycles. The van der Waals surface area contributed by atoms with Crippen molar-refractivity contribution in [3.8, 4) is 11.5 Å². The van der Waals surface area contributed by atoms with Crippen molar-refractivity contribution in [3.05, 3.63) is 23.3 Å². The summed E-state index contributed by atoms with van der Waals surface area (Å²) >= 11 is 0. The fourth-order valence-corrected chi connectivity index (χ4v) is 5.87. The van der Waals surface area contributed by atoms with E-state index >= 15 is 0 Å². The molecule has 6 nitrogen and oxygen atoms in total. The zero-order chi connectivity index (χ0) is 17.6. The van der Waals surface area contributed by atoms with Gasteiger partial charge >= 0.3 is 0 Å². The first kappa shape index (κ1) is 16.2. The van der Waals surface area contributed by atoms with Gasteiger partial charge in [-0.3, -0.25) is 0 Å². The minimum Gasteiger partial charge on any atom is -0.504 e. The molecule has 0 unspecified atom stereocenters. The lowest BCUT2D eigenvalue weighted by Crippen LogP contribution is -2.48. The summed E-state index contributed by atoms with van der Waals surface area (Å²) in [4.78, 5) is 0. The van der Waals surface area contributed by atoms with Crippen LogP contribution in [0.25, 0.3) is 0 Å². The molecule has 0 spiro atoms.